The molecule has 1 atom stereocenters. The summed E-state index contributed by atoms with van der Waals surface area (Å²) in [4.78, 5) is 11.6. The second kappa shape index (κ2) is 6.69. The summed E-state index contributed by atoms with van der Waals surface area (Å²) in [5.74, 6) is -0.581. The van der Waals surface area contributed by atoms with E-state index in [0.29, 0.717) is 12.1 Å². The minimum atomic E-state index is -1.49. The highest BCUT2D eigenvalue weighted by atomic mass is 19.1. The van der Waals surface area contributed by atoms with Crippen LogP contribution in [0.25, 0.3) is 0 Å². The highest BCUT2D eigenvalue weighted by Gasteiger charge is 2.16. The Hall–Kier alpha value is -2.16. The first-order valence-corrected chi connectivity index (χ1v) is 6.29. The standard InChI is InChI=1S/C16H16FNO/c17-15(12-11-13-7-3-1-4-8-13)16(19)18-14-9-5-2-6-10-14/h1-10,15H,11-12H2,(H,18,19)/t15-/m1/s1. The topological polar surface area (TPSA) is 29.1 Å². The first-order valence-electron chi connectivity index (χ1n) is 6.29. The van der Waals surface area contributed by atoms with Crippen LogP contribution in [-0.4, -0.2) is 12.1 Å². The molecule has 0 spiro atoms. The van der Waals surface area contributed by atoms with E-state index in [1.165, 1.54) is 0 Å². The molecular weight excluding hydrogens is 241 g/mol. The zero-order chi connectivity index (χ0) is 13.5. The predicted molar refractivity (Wildman–Crippen MR) is 74.7 cm³/mol. The molecule has 0 aromatic heterocycles. The molecule has 2 aromatic carbocycles. The number of rotatable bonds is 5. The molecule has 98 valence electrons. The third-order valence-electron chi connectivity index (χ3n) is 2.86. The number of para-hydroxylation sites is 1. The molecule has 0 bridgehead atoms. The van der Waals surface area contributed by atoms with E-state index in [4.69, 9.17) is 0 Å². The summed E-state index contributed by atoms with van der Waals surface area (Å²) in [6.07, 6.45) is -0.729. The van der Waals surface area contributed by atoms with Crippen LogP contribution in [0.15, 0.2) is 60.7 Å². The molecule has 0 saturated carbocycles. The van der Waals surface area contributed by atoms with Crippen molar-refractivity contribution in [2.24, 2.45) is 0 Å². The highest BCUT2D eigenvalue weighted by molar-refractivity contribution is 5.93. The van der Waals surface area contributed by atoms with Crippen LogP contribution in [0.3, 0.4) is 0 Å². The Labute approximate surface area is 112 Å². The summed E-state index contributed by atoms with van der Waals surface area (Å²) in [6, 6.07) is 18.5. The van der Waals surface area contributed by atoms with Gasteiger partial charge in [0.25, 0.3) is 5.91 Å². The number of carbonyl (C=O) groups is 1. The molecular formula is C16H16FNO. The second-order valence-electron chi connectivity index (χ2n) is 4.35. The number of anilines is 1. The lowest BCUT2D eigenvalue weighted by atomic mass is 10.1. The van der Waals surface area contributed by atoms with Gasteiger partial charge in [-0.1, -0.05) is 48.5 Å². The fourth-order valence-corrected chi connectivity index (χ4v) is 1.81. The summed E-state index contributed by atoms with van der Waals surface area (Å²) < 4.78 is 13.8. The van der Waals surface area contributed by atoms with E-state index in [2.05, 4.69) is 5.32 Å². The van der Waals surface area contributed by atoms with Gasteiger partial charge in [-0.05, 0) is 30.5 Å². The number of amides is 1. The molecule has 0 heterocycles. The lowest BCUT2D eigenvalue weighted by Gasteiger charge is -2.09. The zero-order valence-corrected chi connectivity index (χ0v) is 10.6. The van der Waals surface area contributed by atoms with Gasteiger partial charge in [0, 0.05) is 5.69 Å². The summed E-state index contributed by atoms with van der Waals surface area (Å²) >= 11 is 0. The molecule has 3 heteroatoms. The molecule has 0 aliphatic carbocycles. The average Bonchev–Trinajstić information content (AvgIpc) is 2.47. The van der Waals surface area contributed by atoms with Gasteiger partial charge in [0.1, 0.15) is 0 Å². The van der Waals surface area contributed by atoms with Gasteiger partial charge in [-0.2, -0.15) is 0 Å². The minimum absolute atomic E-state index is 0.197. The molecule has 0 aliphatic heterocycles. The van der Waals surface area contributed by atoms with E-state index in [1.54, 1.807) is 24.3 Å². The van der Waals surface area contributed by atoms with Gasteiger partial charge in [-0.15, -0.1) is 0 Å². The number of hydrogen-bond acceptors (Lipinski definition) is 1. The minimum Gasteiger partial charge on any atom is -0.324 e. The number of carbonyl (C=O) groups excluding carboxylic acids is 1. The van der Waals surface area contributed by atoms with Gasteiger partial charge >= 0.3 is 0 Å². The summed E-state index contributed by atoms with van der Waals surface area (Å²) in [7, 11) is 0. The van der Waals surface area contributed by atoms with Crippen molar-refractivity contribution in [3.05, 3.63) is 66.2 Å². The van der Waals surface area contributed by atoms with E-state index in [0.717, 1.165) is 5.56 Å². The Bertz CT molecular complexity index is 513. The van der Waals surface area contributed by atoms with E-state index < -0.39 is 12.1 Å². The van der Waals surface area contributed by atoms with Crippen LogP contribution in [-0.2, 0) is 11.2 Å². The summed E-state index contributed by atoms with van der Waals surface area (Å²) in [5, 5.41) is 2.56. The third kappa shape index (κ3) is 4.21. The number of aryl methyl sites for hydroxylation is 1. The van der Waals surface area contributed by atoms with Crippen LogP contribution in [0, 0.1) is 0 Å². The molecule has 2 nitrogen and oxygen atoms in total. The monoisotopic (exact) mass is 257 g/mol. The van der Waals surface area contributed by atoms with Gasteiger partial charge in [0.2, 0.25) is 0 Å². The van der Waals surface area contributed by atoms with Crippen molar-refractivity contribution in [1.29, 1.82) is 0 Å². The number of alkyl halides is 1. The van der Waals surface area contributed by atoms with Gasteiger partial charge in [-0.25, -0.2) is 4.39 Å². The van der Waals surface area contributed by atoms with Gasteiger partial charge in [0.05, 0.1) is 0 Å². The summed E-state index contributed by atoms with van der Waals surface area (Å²) in [6.45, 7) is 0. The first kappa shape index (κ1) is 13.3. The SMILES string of the molecule is O=C(Nc1ccccc1)[C@H](F)CCc1ccccc1. The number of benzene rings is 2. The molecule has 2 aromatic rings. The molecule has 2 rings (SSSR count). The van der Waals surface area contributed by atoms with Crippen molar-refractivity contribution in [1.82, 2.24) is 0 Å². The molecule has 1 N–H and O–H groups in total. The first-order chi connectivity index (χ1) is 9.25. The number of halogens is 1. The van der Waals surface area contributed by atoms with Gasteiger partial charge in [-0.3, -0.25) is 4.79 Å². The Balaban J connectivity index is 1.83. The predicted octanol–water partition coefficient (Wildman–Crippen LogP) is 3.60. The maximum atomic E-state index is 13.8. The maximum Gasteiger partial charge on any atom is 0.258 e. The molecule has 0 radical (unpaired) electrons. The fourth-order valence-electron chi connectivity index (χ4n) is 1.81. The largest absolute Gasteiger partial charge is 0.324 e. The number of nitrogens with one attached hydrogen (secondary N) is 1. The summed E-state index contributed by atoms with van der Waals surface area (Å²) in [5.41, 5.74) is 1.66. The van der Waals surface area contributed by atoms with E-state index >= 15 is 0 Å². The van der Waals surface area contributed by atoms with Crippen LogP contribution in [0.1, 0.15) is 12.0 Å². The normalized spacial score (nSPS) is 11.8. The molecule has 19 heavy (non-hydrogen) atoms. The van der Waals surface area contributed by atoms with E-state index in [9.17, 15) is 9.18 Å². The van der Waals surface area contributed by atoms with Crippen LogP contribution < -0.4 is 5.32 Å². The number of hydrogen-bond donors (Lipinski definition) is 1. The molecule has 1 amide bonds. The quantitative estimate of drug-likeness (QED) is 0.871. The van der Waals surface area contributed by atoms with Crippen molar-refractivity contribution in [3.63, 3.8) is 0 Å². The van der Waals surface area contributed by atoms with Crippen molar-refractivity contribution in [2.45, 2.75) is 19.0 Å². The van der Waals surface area contributed by atoms with Crippen LogP contribution in [0.5, 0.6) is 0 Å². The lowest BCUT2D eigenvalue weighted by Crippen LogP contribution is -2.24. The molecule has 0 aliphatic rings. The van der Waals surface area contributed by atoms with Crippen molar-refractivity contribution in [2.75, 3.05) is 5.32 Å². The highest BCUT2D eigenvalue weighted by Crippen LogP contribution is 2.11. The van der Waals surface area contributed by atoms with Crippen LogP contribution in [0.4, 0.5) is 10.1 Å². The van der Waals surface area contributed by atoms with Crippen LogP contribution >= 0.6 is 0 Å². The molecule has 0 fully saturated rings. The second-order valence-corrected chi connectivity index (χ2v) is 4.35. The van der Waals surface area contributed by atoms with Gasteiger partial charge in [0.15, 0.2) is 6.17 Å². The Morgan fingerprint density at radius 3 is 2.21 bits per heavy atom. The lowest BCUT2D eigenvalue weighted by molar-refractivity contribution is -0.121. The van der Waals surface area contributed by atoms with Crippen LogP contribution in [0.2, 0.25) is 0 Å². The van der Waals surface area contributed by atoms with E-state index in [-0.39, 0.29) is 6.42 Å². The van der Waals surface area contributed by atoms with Crippen molar-refractivity contribution in [3.8, 4) is 0 Å². The molecule has 0 unspecified atom stereocenters. The smallest absolute Gasteiger partial charge is 0.258 e. The average molecular weight is 257 g/mol. The molecule has 0 saturated heterocycles. The van der Waals surface area contributed by atoms with E-state index in [1.807, 2.05) is 36.4 Å². The third-order valence-corrected chi connectivity index (χ3v) is 2.86. The Morgan fingerprint density at radius 2 is 1.58 bits per heavy atom. The Morgan fingerprint density at radius 1 is 1.00 bits per heavy atom. The zero-order valence-electron chi connectivity index (χ0n) is 10.6. The van der Waals surface area contributed by atoms with Crippen molar-refractivity contribution >= 4 is 11.6 Å². The fraction of sp³-hybridized carbons (Fsp3) is 0.188. The maximum absolute atomic E-state index is 13.8. The van der Waals surface area contributed by atoms with Gasteiger partial charge < -0.3 is 5.32 Å². The van der Waals surface area contributed by atoms with Crippen molar-refractivity contribution < 1.29 is 9.18 Å². The Kier molecular flexibility index (Phi) is 4.67.